The second-order valence-corrected chi connectivity index (χ2v) is 13.1. The Balaban J connectivity index is 1.93. The van der Waals surface area contributed by atoms with Crippen molar-refractivity contribution < 1.29 is 9.90 Å². The predicted octanol–water partition coefficient (Wildman–Crippen LogP) is 10.5. The Kier molecular flexibility index (Phi) is 12.9. The van der Waals surface area contributed by atoms with Gasteiger partial charge in [-0.15, -0.1) is 0 Å². The average Bonchev–Trinajstić information content (AvgIpc) is 2.84. The van der Waals surface area contributed by atoms with E-state index >= 15 is 0 Å². The molecule has 224 valence electrons. The third kappa shape index (κ3) is 11.4. The molecule has 1 N–H and O–H groups in total. The van der Waals surface area contributed by atoms with Gasteiger partial charge in [-0.2, -0.15) is 0 Å². The summed E-state index contributed by atoms with van der Waals surface area (Å²) in [5.74, 6) is 0.212. The van der Waals surface area contributed by atoms with E-state index in [4.69, 9.17) is 0 Å². The minimum Gasteiger partial charge on any atom is -0.389 e. The minimum atomic E-state index is -0.354. The number of aliphatic hydroxyl groups is 1. The molecule has 0 saturated heterocycles. The molecule has 0 spiro atoms. The van der Waals surface area contributed by atoms with Gasteiger partial charge in [-0.05, 0) is 87.2 Å². The molecule has 0 heterocycles. The Hall–Kier alpha value is -3.49. The zero-order chi connectivity index (χ0) is 31.5. The Morgan fingerprint density at radius 3 is 1.57 bits per heavy atom. The summed E-state index contributed by atoms with van der Waals surface area (Å²) in [5, 5.41) is 10.0. The Bertz CT molecular complexity index is 1380. The maximum absolute atomic E-state index is 11.9. The number of hydrogen-bond donors (Lipinski definition) is 1. The number of hydrogen-bond acceptors (Lipinski definition) is 2. The molecule has 2 aliphatic rings. The fourth-order valence-electron chi connectivity index (χ4n) is 5.52. The van der Waals surface area contributed by atoms with Crippen molar-refractivity contribution in [1.29, 1.82) is 0 Å². The molecule has 0 amide bonds. The van der Waals surface area contributed by atoms with E-state index in [1.54, 1.807) is 6.08 Å². The van der Waals surface area contributed by atoms with Crippen LogP contribution in [0.15, 0.2) is 142 Å². The maximum atomic E-state index is 11.9. The van der Waals surface area contributed by atoms with Gasteiger partial charge >= 0.3 is 0 Å². The van der Waals surface area contributed by atoms with Gasteiger partial charge in [0.05, 0.1) is 6.10 Å². The van der Waals surface area contributed by atoms with E-state index < -0.39 is 0 Å². The molecule has 1 atom stereocenters. The van der Waals surface area contributed by atoms with Gasteiger partial charge in [-0.3, -0.25) is 4.79 Å². The standard InChI is InChI=1S/C40H52O2/c1-29(17-13-19-31(3)21-23-37-33(5)25-35(41)27-39(37,7)8)15-11-12-16-30(2)18-14-20-32(4)22-24-38-34(6)26-36(42)28-40(38,9)10/h11-26,35,41H,27-28H2,1-10H3/b15-11+,16-12+,19-13+,20-14+,29-17+,30-18+,31-21+,32-22+,37-23-,38-24-/t35-/m1/s1. The lowest BCUT2D eigenvalue weighted by atomic mass is 9.72. The summed E-state index contributed by atoms with van der Waals surface area (Å²) in [6.45, 7) is 21.2. The van der Waals surface area contributed by atoms with Crippen LogP contribution in [0.25, 0.3) is 0 Å². The Morgan fingerprint density at radius 1 is 0.690 bits per heavy atom. The van der Waals surface area contributed by atoms with Crippen molar-refractivity contribution in [1.82, 2.24) is 0 Å². The molecular formula is C40H52O2. The van der Waals surface area contributed by atoms with Crippen LogP contribution in [0.5, 0.6) is 0 Å². The number of carbonyl (C=O) groups excluding carboxylic acids is 1. The van der Waals surface area contributed by atoms with Crippen molar-refractivity contribution in [3.05, 3.63) is 142 Å². The van der Waals surface area contributed by atoms with Gasteiger partial charge < -0.3 is 5.11 Å². The van der Waals surface area contributed by atoms with Gasteiger partial charge in [-0.1, -0.05) is 141 Å². The lowest BCUT2D eigenvalue weighted by Gasteiger charge is -2.34. The fraction of sp³-hybridized carbons (Fsp3) is 0.375. The van der Waals surface area contributed by atoms with Crippen LogP contribution in [-0.2, 0) is 4.79 Å². The van der Waals surface area contributed by atoms with Crippen molar-refractivity contribution in [3.8, 4) is 0 Å². The number of rotatable bonds is 9. The lowest BCUT2D eigenvalue weighted by Crippen LogP contribution is -2.26. The largest absolute Gasteiger partial charge is 0.389 e. The van der Waals surface area contributed by atoms with Gasteiger partial charge in [0.25, 0.3) is 0 Å². The predicted molar refractivity (Wildman–Crippen MR) is 183 cm³/mol. The van der Waals surface area contributed by atoms with Crippen molar-refractivity contribution in [3.63, 3.8) is 0 Å². The molecule has 0 aromatic rings. The van der Waals surface area contributed by atoms with Gasteiger partial charge in [0.1, 0.15) is 0 Å². The molecular weight excluding hydrogens is 512 g/mol. The van der Waals surface area contributed by atoms with E-state index in [-0.39, 0.29) is 22.7 Å². The quantitative estimate of drug-likeness (QED) is 0.283. The monoisotopic (exact) mass is 564 g/mol. The fourth-order valence-corrected chi connectivity index (χ4v) is 5.52. The van der Waals surface area contributed by atoms with Crippen molar-refractivity contribution in [2.24, 2.45) is 10.8 Å². The summed E-state index contributed by atoms with van der Waals surface area (Å²) in [6, 6.07) is 0. The first kappa shape index (κ1) is 34.7. The third-order valence-electron chi connectivity index (χ3n) is 7.76. The first-order valence-electron chi connectivity index (χ1n) is 15.0. The highest BCUT2D eigenvalue weighted by Crippen LogP contribution is 2.41. The maximum Gasteiger partial charge on any atom is 0.156 e. The van der Waals surface area contributed by atoms with E-state index in [1.807, 2.05) is 13.0 Å². The minimum absolute atomic E-state index is 0.0289. The second kappa shape index (κ2) is 15.7. The lowest BCUT2D eigenvalue weighted by molar-refractivity contribution is -0.116. The highest BCUT2D eigenvalue weighted by molar-refractivity contribution is 5.93. The summed E-state index contributed by atoms with van der Waals surface area (Å²) >= 11 is 0. The van der Waals surface area contributed by atoms with Crippen molar-refractivity contribution in [2.75, 3.05) is 0 Å². The van der Waals surface area contributed by atoms with E-state index in [9.17, 15) is 9.90 Å². The van der Waals surface area contributed by atoms with Gasteiger partial charge in [0.2, 0.25) is 0 Å². The molecule has 2 rings (SSSR count). The summed E-state index contributed by atoms with van der Waals surface area (Å²) in [6.07, 6.45) is 34.2. The first-order chi connectivity index (χ1) is 19.6. The average molecular weight is 565 g/mol. The number of carbonyl (C=O) groups is 1. The van der Waals surface area contributed by atoms with Crippen LogP contribution < -0.4 is 0 Å². The number of aliphatic hydroxyl groups excluding tert-OH is 1. The van der Waals surface area contributed by atoms with Crippen LogP contribution in [0.4, 0.5) is 0 Å². The van der Waals surface area contributed by atoms with Crippen molar-refractivity contribution in [2.45, 2.75) is 88.2 Å². The van der Waals surface area contributed by atoms with Gasteiger partial charge in [-0.25, -0.2) is 0 Å². The molecule has 42 heavy (non-hydrogen) atoms. The zero-order valence-electron chi connectivity index (χ0n) is 27.6. The van der Waals surface area contributed by atoms with E-state index in [0.29, 0.717) is 6.42 Å². The van der Waals surface area contributed by atoms with Crippen LogP contribution in [0.3, 0.4) is 0 Å². The van der Waals surface area contributed by atoms with Crippen LogP contribution in [-0.4, -0.2) is 17.0 Å². The van der Waals surface area contributed by atoms with Crippen LogP contribution in [0, 0.1) is 10.8 Å². The zero-order valence-corrected chi connectivity index (χ0v) is 27.6. The summed E-state index contributed by atoms with van der Waals surface area (Å²) < 4.78 is 0. The summed E-state index contributed by atoms with van der Waals surface area (Å²) in [5.41, 5.74) is 9.28. The van der Waals surface area contributed by atoms with Crippen LogP contribution in [0.2, 0.25) is 0 Å². The smallest absolute Gasteiger partial charge is 0.156 e. The Morgan fingerprint density at radius 2 is 1.12 bits per heavy atom. The molecule has 2 aliphatic carbocycles. The molecule has 0 saturated carbocycles. The highest BCUT2D eigenvalue weighted by Gasteiger charge is 2.31. The highest BCUT2D eigenvalue weighted by atomic mass is 16.3. The summed E-state index contributed by atoms with van der Waals surface area (Å²) in [4.78, 5) is 11.9. The van der Waals surface area contributed by atoms with E-state index in [0.717, 1.165) is 23.1 Å². The molecule has 0 aromatic heterocycles. The van der Waals surface area contributed by atoms with E-state index in [1.165, 1.54) is 27.9 Å². The van der Waals surface area contributed by atoms with Crippen molar-refractivity contribution >= 4 is 5.78 Å². The molecule has 0 unspecified atom stereocenters. The van der Waals surface area contributed by atoms with Gasteiger partial charge in [0, 0.05) is 6.42 Å². The number of allylic oxidation sites excluding steroid dienone is 23. The first-order valence-corrected chi connectivity index (χ1v) is 15.0. The molecule has 0 radical (unpaired) electrons. The van der Waals surface area contributed by atoms with Gasteiger partial charge in [0.15, 0.2) is 5.78 Å². The van der Waals surface area contributed by atoms with Crippen LogP contribution in [0.1, 0.15) is 82.1 Å². The summed E-state index contributed by atoms with van der Waals surface area (Å²) in [7, 11) is 0. The molecule has 0 bridgehead atoms. The molecule has 2 heteroatoms. The van der Waals surface area contributed by atoms with Crippen LogP contribution >= 0.6 is 0 Å². The van der Waals surface area contributed by atoms with E-state index in [2.05, 4.69) is 147 Å². The molecule has 0 aliphatic heterocycles. The third-order valence-corrected chi connectivity index (χ3v) is 7.76. The molecule has 0 aromatic carbocycles. The Labute approximate surface area is 256 Å². The SMILES string of the molecule is CC1=CC(=O)CC(C)(C)\C1=C/C=C(C)/C=C/C=C(C)/C=C/C=C/C(C)=C/C=C/C(C)=C/C=C1/C(C)=C[C@@H](O)CC1(C)C. The molecule has 0 fully saturated rings. The second-order valence-electron chi connectivity index (χ2n) is 13.1. The topological polar surface area (TPSA) is 37.3 Å². The normalized spacial score (nSPS) is 24.6. The molecule has 2 nitrogen and oxygen atoms in total. The number of ketones is 1.